The Hall–Kier alpha value is -1.80. The summed E-state index contributed by atoms with van der Waals surface area (Å²) >= 11 is 1.54. The number of thioether (sulfide) groups is 1. The molecule has 182 valence electrons. The van der Waals surface area contributed by atoms with Gasteiger partial charge in [0.05, 0.1) is 35.8 Å². The molecular formula is C25H36N2O5S. The van der Waals surface area contributed by atoms with Gasteiger partial charge in [0, 0.05) is 16.8 Å². The van der Waals surface area contributed by atoms with E-state index in [4.69, 9.17) is 4.74 Å². The van der Waals surface area contributed by atoms with E-state index in [1.807, 2.05) is 52.8 Å². The van der Waals surface area contributed by atoms with Crippen molar-refractivity contribution < 1.29 is 24.2 Å². The fraction of sp³-hybridized carbons (Fsp3) is 0.720. The number of fused-ring (bicyclic) bond motifs is 2. The molecule has 4 heterocycles. The van der Waals surface area contributed by atoms with Crippen molar-refractivity contribution in [2.45, 2.75) is 81.0 Å². The molecule has 33 heavy (non-hydrogen) atoms. The maximum Gasteiger partial charge on any atom is 0.311 e. The largest absolute Gasteiger partial charge is 0.465 e. The van der Waals surface area contributed by atoms with Crippen molar-refractivity contribution in [3.63, 3.8) is 0 Å². The Morgan fingerprint density at radius 1 is 1.18 bits per heavy atom. The van der Waals surface area contributed by atoms with Crippen LogP contribution in [0.4, 0.5) is 0 Å². The van der Waals surface area contributed by atoms with Crippen molar-refractivity contribution in [2.75, 3.05) is 19.8 Å². The molecule has 4 rings (SSSR count). The summed E-state index contributed by atoms with van der Waals surface area (Å²) in [5.74, 6) is -2.17. The minimum atomic E-state index is -0.904. The molecule has 4 aliphatic heterocycles. The number of amides is 2. The smallest absolute Gasteiger partial charge is 0.311 e. The van der Waals surface area contributed by atoms with Crippen LogP contribution in [-0.2, 0) is 19.1 Å². The summed E-state index contributed by atoms with van der Waals surface area (Å²) < 4.78 is 4.05. The molecular weight excluding hydrogens is 440 g/mol. The quantitative estimate of drug-likeness (QED) is 0.498. The van der Waals surface area contributed by atoms with E-state index >= 15 is 0 Å². The maximum absolute atomic E-state index is 14.1. The molecule has 6 atom stereocenters. The number of ether oxygens (including phenoxy) is 1. The number of cyclic esters (lactones) is 1. The van der Waals surface area contributed by atoms with Crippen molar-refractivity contribution in [1.82, 2.24) is 9.80 Å². The van der Waals surface area contributed by atoms with E-state index in [-0.39, 0.29) is 24.4 Å². The van der Waals surface area contributed by atoms with Gasteiger partial charge < -0.3 is 19.6 Å². The second-order valence-corrected chi connectivity index (χ2v) is 12.5. The molecule has 1 spiro atoms. The van der Waals surface area contributed by atoms with Gasteiger partial charge in [0.1, 0.15) is 6.04 Å². The number of carbonyl (C=O) groups excluding carboxylic acids is 3. The highest BCUT2D eigenvalue weighted by Crippen LogP contribution is 2.65. The summed E-state index contributed by atoms with van der Waals surface area (Å²) in [6.07, 6.45) is 10.2. The number of esters is 1. The summed E-state index contributed by atoms with van der Waals surface area (Å²) in [6, 6.07) is -1.28. The Morgan fingerprint density at radius 3 is 2.55 bits per heavy atom. The van der Waals surface area contributed by atoms with E-state index < -0.39 is 39.0 Å². The van der Waals surface area contributed by atoms with Crippen LogP contribution in [0.1, 0.15) is 53.9 Å². The monoisotopic (exact) mass is 476 g/mol. The van der Waals surface area contributed by atoms with Gasteiger partial charge in [-0.3, -0.25) is 14.4 Å². The van der Waals surface area contributed by atoms with Crippen LogP contribution < -0.4 is 0 Å². The van der Waals surface area contributed by atoms with Gasteiger partial charge in [0.15, 0.2) is 0 Å². The number of carbonyl (C=O) groups is 3. The molecule has 2 amide bonds. The SMILES string of the molecule is CC[C@@H](CO)N1C(=O)[C@@H]2[C@H]3C(=O)OCCC/C=C\[C@@]3(C)S[C@@]23C=CCN(C(C)(C)C)C(=O)C13. The minimum Gasteiger partial charge on any atom is -0.465 e. The van der Waals surface area contributed by atoms with Crippen molar-refractivity contribution in [2.24, 2.45) is 11.8 Å². The average Bonchev–Trinajstić information content (AvgIpc) is 3.08. The average molecular weight is 477 g/mol. The molecule has 0 radical (unpaired) electrons. The van der Waals surface area contributed by atoms with Crippen LogP contribution in [0.15, 0.2) is 24.3 Å². The molecule has 0 aromatic carbocycles. The third-order valence-electron chi connectivity index (χ3n) is 7.57. The molecule has 4 aliphatic rings. The molecule has 2 saturated heterocycles. The van der Waals surface area contributed by atoms with Crippen LogP contribution in [0.25, 0.3) is 0 Å². The zero-order chi connectivity index (χ0) is 24.2. The van der Waals surface area contributed by atoms with Crippen LogP contribution in [0, 0.1) is 11.8 Å². The Morgan fingerprint density at radius 2 is 1.91 bits per heavy atom. The van der Waals surface area contributed by atoms with E-state index in [0.717, 1.165) is 12.8 Å². The van der Waals surface area contributed by atoms with E-state index in [0.29, 0.717) is 19.6 Å². The Bertz CT molecular complexity index is 892. The van der Waals surface area contributed by atoms with Crippen molar-refractivity contribution in [3.05, 3.63) is 24.3 Å². The van der Waals surface area contributed by atoms with Gasteiger partial charge in [0.2, 0.25) is 11.8 Å². The molecule has 0 aliphatic carbocycles. The van der Waals surface area contributed by atoms with Gasteiger partial charge >= 0.3 is 5.97 Å². The highest BCUT2D eigenvalue weighted by Gasteiger charge is 2.74. The lowest BCUT2D eigenvalue weighted by Crippen LogP contribution is -2.59. The lowest BCUT2D eigenvalue weighted by molar-refractivity contribution is -0.154. The van der Waals surface area contributed by atoms with Crippen LogP contribution in [0.2, 0.25) is 0 Å². The molecule has 1 unspecified atom stereocenters. The fourth-order valence-corrected chi connectivity index (χ4v) is 8.12. The van der Waals surface area contributed by atoms with Crippen LogP contribution >= 0.6 is 11.8 Å². The van der Waals surface area contributed by atoms with Gasteiger partial charge in [-0.25, -0.2) is 0 Å². The van der Waals surface area contributed by atoms with E-state index in [2.05, 4.69) is 6.08 Å². The topological polar surface area (TPSA) is 87.2 Å². The first-order chi connectivity index (χ1) is 15.5. The number of nitrogens with zero attached hydrogens (tertiary/aromatic N) is 2. The predicted molar refractivity (Wildman–Crippen MR) is 127 cm³/mol. The first-order valence-corrected chi connectivity index (χ1v) is 12.8. The van der Waals surface area contributed by atoms with Gasteiger partial charge in [-0.05, 0) is 47.0 Å². The summed E-state index contributed by atoms with van der Waals surface area (Å²) in [5, 5.41) is 10.1. The Labute approximate surface area is 200 Å². The minimum absolute atomic E-state index is 0.129. The first kappa shape index (κ1) is 24.3. The number of allylic oxidation sites excluding steroid dienone is 1. The van der Waals surface area contributed by atoms with E-state index in [1.54, 1.807) is 21.6 Å². The van der Waals surface area contributed by atoms with Gasteiger partial charge in [-0.15, -0.1) is 11.8 Å². The third-order valence-corrected chi connectivity index (χ3v) is 9.37. The Balaban J connectivity index is 1.92. The van der Waals surface area contributed by atoms with Crippen LogP contribution in [0.3, 0.4) is 0 Å². The zero-order valence-electron chi connectivity index (χ0n) is 20.2. The molecule has 0 aromatic rings. The summed E-state index contributed by atoms with van der Waals surface area (Å²) in [7, 11) is 0. The fourth-order valence-electron chi connectivity index (χ4n) is 5.98. The number of likely N-dealkylation sites (tertiary alicyclic amines) is 1. The van der Waals surface area contributed by atoms with E-state index in [9.17, 15) is 19.5 Å². The van der Waals surface area contributed by atoms with Gasteiger partial charge in [-0.2, -0.15) is 0 Å². The van der Waals surface area contributed by atoms with Gasteiger partial charge in [-0.1, -0.05) is 31.2 Å². The molecule has 0 bridgehead atoms. The second kappa shape index (κ2) is 8.45. The molecule has 8 heteroatoms. The third kappa shape index (κ3) is 3.64. The summed E-state index contributed by atoms with van der Waals surface area (Å²) in [6.45, 7) is 10.4. The van der Waals surface area contributed by atoms with Crippen LogP contribution in [-0.4, -0.2) is 79.6 Å². The molecule has 1 N–H and O–H groups in total. The normalized spacial score (nSPS) is 38.5. The van der Waals surface area contributed by atoms with Crippen molar-refractivity contribution >= 4 is 29.5 Å². The molecule has 0 saturated carbocycles. The summed E-state index contributed by atoms with van der Waals surface area (Å²) in [5.41, 5.74) is -0.438. The van der Waals surface area contributed by atoms with Crippen LogP contribution in [0.5, 0.6) is 0 Å². The molecule has 2 fully saturated rings. The second-order valence-electron chi connectivity index (χ2n) is 10.7. The predicted octanol–water partition coefficient (Wildman–Crippen LogP) is 2.53. The number of aliphatic hydroxyl groups is 1. The molecule has 7 nitrogen and oxygen atoms in total. The highest BCUT2D eigenvalue weighted by atomic mass is 32.2. The number of hydrogen-bond donors (Lipinski definition) is 1. The molecule has 0 aromatic heterocycles. The first-order valence-electron chi connectivity index (χ1n) is 12.0. The van der Waals surface area contributed by atoms with Crippen molar-refractivity contribution in [3.8, 4) is 0 Å². The number of rotatable bonds is 3. The van der Waals surface area contributed by atoms with Gasteiger partial charge in [0.25, 0.3) is 0 Å². The zero-order valence-corrected chi connectivity index (χ0v) is 21.1. The van der Waals surface area contributed by atoms with Crippen molar-refractivity contribution in [1.29, 1.82) is 0 Å². The standard InChI is InChI=1S/C25H36N2O5S/c1-6-16(15-28)27-19-21(30)26(23(2,3)4)13-10-12-25(19)17(20(27)29)18-22(31)32-14-9-7-8-11-24(18,5)33-25/h8,10-12,16-19,28H,6-7,9,13-15H2,1-5H3/b11-8-/t16-,17-,18-,19?,24+,25-/m0/s1. The lowest BCUT2D eigenvalue weighted by atomic mass is 9.74. The number of aliphatic hydroxyl groups excluding tert-OH is 1. The lowest BCUT2D eigenvalue weighted by Gasteiger charge is -2.42. The maximum atomic E-state index is 14.1. The number of hydrogen-bond acceptors (Lipinski definition) is 6. The summed E-state index contributed by atoms with van der Waals surface area (Å²) in [4.78, 5) is 45.0. The Kier molecular flexibility index (Phi) is 6.23. The van der Waals surface area contributed by atoms with E-state index in [1.165, 1.54) is 0 Å². The highest BCUT2D eigenvalue weighted by molar-refractivity contribution is 8.02.